The number of carbonyl (C=O) groups excluding carboxylic acids is 1. The quantitative estimate of drug-likeness (QED) is 0.619. The highest BCUT2D eigenvalue weighted by molar-refractivity contribution is 7.13. The summed E-state index contributed by atoms with van der Waals surface area (Å²) in [5.41, 5.74) is 0. The number of aromatic nitrogens is 1. The summed E-state index contributed by atoms with van der Waals surface area (Å²) >= 11 is 7.68. The number of amides is 1. The molecule has 1 aliphatic rings. The molecule has 0 radical (unpaired) electrons. The lowest BCUT2D eigenvalue weighted by Gasteiger charge is -2.21. The van der Waals surface area contributed by atoms with Crippen LogP contribution in [0.1, 0.15) is 50.8 Å². The van der Waals surface area contributed by atoms with Crippen LogP contribution >= 0.6 is 22.9 Å². The van der Waals surface area contributed by atoms with E-state index in [1.807, 2.05) is 13.0 Å². The molecule has 29 heavy (non-hydrogen) atoms. The highest BCUT2D eigenvalue weighted by atomic mass is 35.5. The van der Waals surface area contributed by atoms with Gasteiger partial charge in [0.15, 0.2) is 0 Å². The van der Waals surface area contributed by atoms with Crippen LogP contribution in [0.5, 0.6) is 16.7 Å². The minimum absolute atomic E-state index is 0.110. The summed E-state index contributed by atoms with van der Waals surface area (Å²) in [7, 11) is 0. The molecular weight excluding hydrogens is 408 g/mol. The summed E-state index contributed by atoms with van der Waals surface area (Å²) in [5, 5.41) is 3.65. The Morgan fingerprint density at radius 1 is 1.38 bits per heavy atom. The van der Waals surface area contributed by atoms with Crippen molar-refractivity contribution in [2.75, 3.05) is 6.61 Å². The molecule has 0 bridgehead atoms. The van der Waals surface area contributed by atoms with Crippen molar-refractivity contribution in [2.24, 2.45) is 5.92 Å². The second-order valence-corrected chi connectivity index (χ2v) is 8.59. The Morgan fingerprint density at radius 3 is 2.90 bits per heavy atom. The number of carbonyl (C=O) groups is 1. The van der Waals surface area contributed by atoms with Crippen molar-refractivity contribution in [3.8, 4) is 28.5 Å². The van der Waals surface area contributed by atoms with Gasteiger partial charge in [0.25, 0.3) is 5.19 Å². The summed E-state index contributed by atoms with van der Waals surface area (Å²) in [6.07, 6.45) is 8.07. The Hall–Kier alpha value is -2.23. The molecule has 0 saturated heterocycles. The Kier molecular flexibility index (Phi) is 7.79. The van der Waals surface area contributed by atoms with E-state index in [0.717, 1.165) is 17.2 Å². The van der Waals surface area contributed by atoms with E-state index in [9.17, 15) is 4.79 Å². The lowest BCUT2D eigenvalue weighted by atomic mass is 9.90. The van der Waals surface area contributed by atoms with Gasteiger partial charge in [0.1, 0.15) is 16.4 Å². The number of thiazole rings is 1. The predicted molar refractivity (Wildman–Crippen MR) is 116 cm³/mol. The molecular formula is C22H25ClN2O3S. The van der Waals surface area contributed by atoms with Gasteiger partial charge < -0.3 is 14.8 Å². The molecule has 1 aliphatic carbocycles. The van der Waals surface area contributed by atoms with Gasteiger partial charge in [-0.2, -0.15) is 0 Å². The molecule has 1 N–H and O–H groups in total. The van der Waals surface area contributed by atoms with Crippen LogP contribution in [-0.4, -0.2) is 23.5 Å². The molecule has 5 nitrogen and oxygen atoms in total. The molecule has 3 rings (SSSR count). The molecule has 154 valence electrons. The lowest BCUT2D eigenvalue weighted by Crippen LogP contribution is -2.28. The van der Waals surface area contributed by atoms with Crippen molar-refractivity contribution in [3.63, 3.8) is 0 Å². The monoisotopic (exact) mass is 432 g/mol. The van der Waals surface area contributed by atoms with Gasteiger partial charge in [-0.25, -0.2) is 4.98 Å². The van der Waals surface area contributed by atoms with Crippen molar-refractivity contribution < 1.29 is 14.3 Å². The molecule has 1 aromatic heterocycles. The van der Waals surface area contributed by atoms with Crippen molar-refractivity contribution in [1.82, 2.24) is 10.3 Å². The van der Waals surface area contributed by atoms with Crippen LogP contribution in [0.4, 0.5) is 0 Å². The molecule has 1 atom stereocenters. The summed E-state index contributed by atoms with van der Waals surface area (Å²) < 4.78 is 11.7. The fraction of sp³-hybridized carbons (Fsp3) is 0.455. The third kappa shape index (κ3) is 6.95. The molecule has 7 heteroatoms. The number of ether oxygens (including phenoxy) is 2. The van der Waals surface area contributed by atoms with E-state index in [2.05, 4.69) is 22.1 Å². The maximum Gasteiger partial charge on any atom is 0.279 e. The second kappa shape index (κ2) is 10.5. The molecule has 1 fully saturated rings. The van der Waals surface area contributed by atoms with E-state index in [0.29, 0.717) is 21.9 Å². The van der Waals surface area contributed by atoms with E-state index >= 15 is 0 Å². The van der Waals surface area contributed by atoms with Crippen LogP contribution in [-0.2, 0) is 4.79 Å². The number of halogens is 1. The minimum atomic E-state index is -0.227. The predicted octanol–water partition coefficient (Wildman–Crippen LogP) is 5.42. The van der Waals surface area contributed by atoms with E-state index in [4.69, 9.17) is 21.1 Å². The van der Waals surface area contributed by atoms with Gasteiger partial charge in [-0.3, -0.25) is 4.79 Å². The van der Waals surface area contributed by atoms with Crippen LogP contribution in [0.25, 0.3) is 0 Å². The molecule has 0 aliphatic heterocycles. The lowest BCUT2D eigenvalue weighted by molar-refractivity contribution is -0.119. The van der Waals surface area contributed by atoms with Gasteiger partial charge in [0.05, 0.1) is 23.9 Å². The molecule has 1 heterocycles. The molecule has 2 aromatic rings. The van der Waals surface area contributed by atoms with Crippen LogP contribution in [0.3, 0.4) is 0 Å². The first-order valence-corrected chi connectivity index (χ1v) is 11.0. The van der Waals surface area contributed by atoms with E-state index in [1.54, 1.807) is 18.3 Å². The number of rotatable bonds is 6. The molecule has 0 spiro atoms. The Balaban J connectivity index is 1.55. The first-order valence-electron chi connectivity index (χ1n) is 9.84. The van der Waals surface area contributed by atoms with Gasteiger partial charge in [-0.1, -0.05) is 54.0 Å². The van der Waals surface area contributed by atoms with Gasteiger partial charge in [-0.15, -0.1) is 0 Å². The number of nitrogens with zero attached hydrogens (tertiary/aromatic N) is 1. The third-order valence-corrected chi connectivity index (χ3v) is 5.71. The number of hydrogen-bond donors (Lipinski definition) is 1. The molecule has 1 aromatic carbocycles. The highest BCUT2D eigenvalue weighted by Crippen LogP contribution is 2.34. The first kappa shape index (κ1) is 21.5. The summed E-state index contributed by atoms with van der Waals surface area (Å²) in [4.78, 5) is 16.0. The number of benzene rings is 1. The van der Waals surface area contributed by atoms with Gasteiger partial charge >= 0.3 is 0 Å². The topological polar surface area (TPSA) is 60.5 Å². The summed E-state index contributed by atoms with van der Waals surface area (Å²) in [5.74, 6) is 7.75. The Bertz CT molecular complexity index is 897. The maximum absolute atomic E-state index is 11.0. The van der Waals surface area contributed by atoms with Crippen molar-refractivity contribution in [1.29, 1.82) is 0 Å². The van der Waals surface area contributed by atoms with Crippen molar-refractivity contribution >= 4 is 28.8 Å². The zero-order valence-corrected chi connectivity index (χ0v) is 18.2. The van der Waals surface area contributed by atoms with E-state index < -0.39 is 0 Å². The molecule has 1 amide bonds. The van der Waals surface area contributed by atoms with E-state index in [1.165, 1.54) is 50.4 Å². The third-order valence-electron chi connectivity index (χ3n) is 4.63. The number of nitrogens with one attached hydrogen (secondary N) is 1. The summed E-state index contributed by atoms with van der Waals surface area (Å²) in [6, 6.07) is 5.22. The standard InChI is InChI=1S/C22H25ClN2O3S/c1-15(25-16(2)26)8-10-19-13-24-22(29-19)28-21-11-9-18(12-20(21)23)27-14-17-6-4-3-5-7-17/h9,11-13,15,17H,3-7,14H2,1-2H3,(H,25,26). The zero-order chi connectivity index (χ0) is 20.6. The summed E-state index contributed by atoms with van der Waals surface area (Å²) in [6.45, 7) is 4.03. The Labute approximate surface area is 180 Å². The van der Waals surface area contributed by atoms with Gasteiger partial charge in [0, 0.05) is 13.0 Å². The SMILES string of the molecule is CC(=O)NC(C)C#Cc1cnc(Oc2ccc(OCC3CCCCC3)cc2Cl)s1. The zero-order valence-electron chi connectivity index (χ0n) is 16.7. The average Bonchev–Trinajstić information content (AvgIpc) is 3.14. The van der Waals surface area contributed by atoms with Gasteiger partial charge in [0.2, 0.25) is 5.91 Å². The average molecular weight is 433 g/mol. The highest BCUT2D eigenvalue weighted by Gasteiger charge is 2.15. The maximum atomic E-state index is 11.0. The Morgan fingerprint density at radius 2 is 2.17 bits per heavy atom. The number of hydrogen-bond acceptors (Lipinski definition) is 5. The van der Waals surface area contributed by atoms with Crippen LogP contribution < -0.4 is 14.8 Å². The largest absolute Gasteiger partial charge is 0.493 e. The first-order chi connectivity index (χ1) is 14.0. The fourth-order valence-electron chi connectivity index (χ4n) is 3.20. The van der Waals surface area contributed by atoms with Crippen LogP contribution in [0.2, 0.25) is 5.02 Å². The normalized spacial score (nSPS) is 15.1. The fourth-order valence-corrected chi connectivity index (χ4v) is 4.05. The van der Waals surface area contributed by atoms with Crippen LogP contribution in [0, 0.1) is 17.8 Å². The smallest absolute Gasteiger partial charge is 0.279 e. The van der Waals surface area contributed by atoms with Crippen LogP contribution in [0.15, 0.2) is 24.4 Å². The van der Waals surface area contributed by atoms with Crippen molar-refractivity contribution in [3.05, 3.63) is 34.3 Å². The van der Waals surface area contributed by atoms with Crippen molar-refractivity contribution in [2.45, 2.75) is 52.0 Å². The second-order valence-electron chi connectivity index (χ2n) is 7.19. The minimum Gasteiger partial charge on any atom is -0.493 e. The van der Waals surface area contributed by atoms with Gasteiger partial charge in [-0.05, 0) is 37.8 Å². The molecule has 1 unspecified atom stereocenters. The molecule has 1 saturated carbocycles. The van der Waals surface area contributed by atoms with E-state index in [-0.39, 0.29) is 11.9 Å².